The summed E-state index contributed by atoms with van der Waals surface area (Å²) in [5.41, 5.74) is 2.01. The molecule has 0 aliphatic heterocycles. The lowest BCUT2D eigenvalue weighted by molar-refractivity contribution is -0.120. The van der Waals surface area contributed by atoms with Gasteiger partial charge in [-0.1, -0.05) is 24.3 Å². The van der Waals surface area contributed by atoms with Gasteiger partial charge in [-0.2, -0.15) is 0 Å². The van der Waals surface area contributed by atoms with Crippen molar-refractivity contribution in [3.8, 4) is 11.3 Å². The van der Waals surface area contributed by atoms with E-state index in [-0.39, 0.29) is 18.9 Å². The summed E-state index contributed by atoms with van der Waals surface area (Å²) in [5.74, 6) is -0.216. The van der Waals surface area contributed by atoms with Crippen LogP contribution in [0.15, 0.2) is 48.7 Å². The third-order valence-corrected chi connectivity index (χ3v) is 4.08. The fourth-order valence-corrected chi connectivity index (χ4v) is 2.61. The van der Waals surface area contributed by atoms with Gasteiger partial charge in [-0.05, 0) is 51.5 Å². The molecular weight excluding hydrogens is 370 g/mol. The maximum Gasteiger partial charge on any atom is 0.407 e. The Morgan fingerprint density at radius 1 is 1.17 bits per heavy atom. The van der Waals surface area contributed by atoms with Crippen molar-refractivity contribution < 1.29 is 19.4 Å². The number of aromatic nitrogens is 1. The summed E-state index contributed by atoms with van der Waals surface area (Å²) in [6, 6.07) is 12.7. The van der Waals surface area contributed by atoms with Crippen LogP contribution in [-0.2, 0) is 16.0 Å². The number of amides is 2. The van der Waals surface area contributed by atoms with E-state index in [9.17, 15) is 14.7 Å². The third-order valence-electron chi connectivity index (χ3n) is 4.08. The van der Waals surface area contributed by atoms with E-state index in [1.54, 1.807) is 33.9 Å². The molecule has 0 saturated heterocycles. The molecule has 0 aliphatic carbocycles. The van der Waals surface area contributed by atoms with Crippen molar-refractivity contribution in [3.63, 3.8) is 0 Å². The van der Waals surface area contributed by atoms with Crippen molar-refractivity contribution in [2.45, 2.75) is 51.9 Å². The lowest BCUT2D eigenvalue weighted by atomic mass is 10.1. The number of alkyl carbamates (subject to hydrolysis) is 1. The van der Waals surface area contributed by atoms with Gasteiger partial charge in [0.25, 0.3) is 0 Å². The first-order valence-corrected chi connectivity index (χ1v) is 9.58. The summed E-state index contributed by atoms with van der Waals surface area (Å²) < 4.78 is 5.16. The van der Waals surface area contributed by atoms with Crippen LogP contribution < -0.4 is 10.6 Å². The molecular formula is C22H29N3O4. The highest BCUT2D eigenvalue weighted by Gasteiger charge is 2.21. The fraction of sp³-hybridized carbons (Fsp3) is 0.409. The first-order valence-electron chi connectivity index (χ1n) is 9.58. The average Bonchev–Trinajstić information content (AvgIpc) is 2.65. The standard InChI is InChI=1S/C22H29N3O4/c1-15(25-21(28)29-22(2,3)4)19(26)14-24-20(27)13-16-8-7-9-17(12-16)18-10-5-6-11-23-18/h5-12,15,19,26H,13-14H2,1-4H3,(H,24,27)(H,25,28). The van der Waals surface area contributed by atoms with Crippen molar-refractivity contribution in [2.75, 3.05) is 6.54 Å². The SMILES string of the molecule is CC(NC(=O)OC(C)(C)C)C(O)CNC(=O)Cc1cccc(-c2ccccn2)c1. The van der Waals surface area contributed by atoms with Gasteiger partial charge in [-0.15, -0.1) is 0 Å². The molecule has 0 aliphatic rings. The molecule has 7 heteroatoms. The van der Waals surface area contributed by atoms with Crippen LogP contribution in [0.3, 0.4) is 0 Å². The second kappa shape index (κ2) is 10.0. The van der Waals surface area contributed by atoms with Gasteiger partial charge in [-0.25, -0.2) is 4.79 Å². The van der Waals surface area contributed by atoms with Gasteiger partial charge in [0, 0.05) is 18.3 Å². The summed E-state index contributed by atoms with van der Waals surface area (Å²) >= 11 is 0. The molecule has 2 rings (SSSR count). The molecule has 0 radical (unpaired) electrons. The molecule has 2 atom stereocenters. The Kier molecular flexibility index (Phi) is 7.73. The van der Waals surface area contributed by atoms with Crippen LogP contribution in [0.5, 0.6) is 0 Å². The quantitative estimate of drug-likeness (QED) is 0.665. The largest absolute Gasteiger partial charge is 0.444 e. The number of hydrogen-bond donors (Lipinski definition) is 3. The molecule has 2 aromatic rings. The third kappa shape index (κ3) is 7.91. The van der Waals surface area contributed by atoms with Gasteiger partial charge in [0.1, 0.15) is 5.60 Å². The van der Waals surface area contributed by atoms with E-state index in [4.69, 9.17) is 4.74 Å². The van der Waals surface area contributed by atoms with Crippen molar-refractivity contribution in [3.05, 3.63) is 54.2 Å². The minimum Gasteiger partial charge on any atom is -0.444 e. The Morgan fingerprint density at radius 2 is 1.93 bits per heavy atom. The lowest BCUT2D eigenvalue weighted by Crippen LogP contribution is -2.48. The number of rotatable bonds is 7. The van der Waals surface area contributed by atoms with Crippen molar-refractivity contribution in [2.24, 2.45) is 0 Å². The predicted molar refractivity (Wildman–Crippen MR) is 111 cm³/mol. The van der Waals surface area contributed by atoms with Crippen LogP contribution in [0.4, 0.5) is 4.79 Å². The Labute approximate surface area is 171 Å². The lowest BCUT2D eigenvalue weighted by Gasteiger charge is -2.24. The smallest absolute Gasteiger partial charge is 0.407 e. The summed E-state index contributed by atoms with van der Waals surface area (Å²) in [5, 5.41) is 15.4. The van der Waals surface area contributed by atoms with Crippen LogP contribution >= 0.6 is 0 Å². The summed E-state index contributed by atoms with van der Waals surface area (Å²) in [4.78, 5) is 28.3. The zero-order valence-corrected chi connectivity index (χ0v) is 17.3. The maximum absolute atomic E-state index is 12.2. The number of pyridine rings is 1. The molecule has 2 amide bonds. The number of ether oxygens (including phenoxy) is 1. The van der Waals surface area contributed by atoms with E-state index in [0.29, 0.717) is 0 Å². The number of hydrogen-bond acceptors (Lipinski definition) is 5. The van der Waals surface area contributed by atoms with Gasteiger partial charge in [0.2, 0.25) is 5.91 Å². The number of aliphatic hydroxyl groups excluding tert-OH is 1. The van der Waals surface area contributed by atoms with Gasteiger partial charge in [0.05, 0.1) is 24.3 Å². The van der Waals surface area contributed by atoms with Crippen LogP contribution in [0.25, 0.3) is 11.3 Å². The predicted octanol–water partition coefficient (Wildman–Crippen LogP) is 2.68. The zero-order chi connectivity index (χ0) is 21.4. The summed E-state index contributed by atoms with van der Waals surface area (Å²) in [6.45, 7) is 6.96. The fourth-order valence-electron chi connectivity index (χ4n) is 2.61. The molecule has 1 aromatic carbocycles. The first kappa shape index (κ1) is 22.4. The summed E-state index contributed by atoms with van der Waals surface area (Å²) in [6.07, 6.45) is 0.358. The molecule has 0 spiro atoms. The monoisotopic (exact) mass is 399 g/mol. The molecule has 7 nitrogen and oxygen atoms in total. The number of nitrogens with one attached hydrogen (secondary N) is 2. The van der Waals surface area contributed by atoms with Crippen LogP contribution in [0.1, 0.15) is 33.3 Å². The van der Waals surface area contributed by atoms with E-state index >= 15 is 0 Å². The van der Waals surface area contributed by atoms with Crippen LogP contribution in [0.2, 0.25) is 0 Å². The van der Waals surface area contributed by atoms with Crippen LogP contribution in [0, 0.1) is 0 Å². The van der Waals surface area contributed by atoms with Gasteiger partial charge >= 0.3 is 6.09 Å². The summed E-state index contributed by atoms with van der Waals surface area (Å²) in [7, 11) is 0. The van der Waals surface area contributed by atoms with Crippen molar-refractivity contribution in [1.82, 2.24) is 15.6 Å². The maximum atomic E-state index is 12.2. The Morgan fingerprint density at radius 3 is 2.59 bits per heavy atom. The number of benzene rings is 1. The highest BCUT2D eigenvalue weighted by atomic mass is 16.6. The van der Waals surface area contributed by atoms with E-state index in [2.05, 4.69) is 15.6 Å². The Hall–Kier alpha value is -2.93. The van der Waals surface area contributed by atoms with Crippen molar-refractivity contribution >= 4 is 12.0 Å². The molecule has 1 aromatic heterocycles. The Bertz CT molecular complexity index is 818. The number of aliphatic hydroxyl groups is 1. The molecule has 2 unspecified atom stereocenters. The number of carbonyl (C=O) groups excluding carboxylic acids is 2. The molecule has 3 N–H and O–H groups in total. The topological polar surface area (TPSA) is 101 Å². The molecule has 29 heavy (non-hydrogen) atoms. The van der Waals surface area contributed by atoms with E-state index in [1.807, 2.05) is 42.5 Å². The van der Waals surface area contributed by atoms with Gasteiger partial charge in [0.15, 0.2) is 0 Å². The molecule has 0 saturated carbocycles. The number of carbonyl (C=O) groups is 2. The van der Waals surface area contributed by atoms with Gasteiger partial charge in [-0.3, -0.25) is 9.78 Å². The average molecular weight is 399 g/mol. The van der Waals surface area contributed by atoms with E-state index < -0.39 is 23.8 Å². The molecule has 1 heterocycles. The molecule has 0 bridgehead atoms. The second-order valence-corrected chi connectivity index (χ2v) is 7.90. The number of nitrogens with zero attached hydrogens (tertiary/aromatic N) is 1. The zero-order valence-electron chi connectivity index (χ0n) is 17.3. The minimum atomic E-state index is -0.939. The highest BCUT2D eigenvalue weighted by molar-refractivity contribution is 5.79. The van der Waals surface area contributed by atoms with Crippen LogP contribution in [-0.4, -0.2) is 46.4 Å². The molecule has 156 valence electrons. The second-order valence-electron chi connectivity index (χ2n) is 7.90. The highest BCUT2D eigenvalue weighted by Crippen LogP contribution is 2.18. The van der Waals surface area contributed by atoms with Crippen molar-refractivity contribution in [1.29, 1.82) is 0 Å². The van der Waals surface area contributed by atoms with E-state index in [0.717, 1.165) is 16.8 Å². The normalized spacial score (nSPS) is 13.3. The van der Waals surface area contributed by atoms with E-state index in [1.165, 1.54) is 0 Å². The minimum absolute atomic E-state index is 0.0235. The first-order chi connectivity index (χ1) is 13.6. The molecule has 0 fully saturated rings. The Balaban J connectivity index is 1.83. The van der Waals surface area contributed by atoms with Gasteiger partial charge < -0.3 is 20.5 Å².